The molecule has 0 saturated carbocycles. The largest absolute Gasteiger partial charge is 0.479 e. The molecule has 2 rings (SSSR count). The second-order valence-corrected chi connectivity index (χ2v) is 5.83. The average Bonchev–Trinajstić information content (AvgIpc) is 2.71. The first-order valence-electron chi connectivity index (χ1n) is 8.41. The van der Waals surface area contributed by atoms with Crippen molar-refractivity contribution < 1.29 is 23.5 Å². The lowest BCUT2D eigenvalue weighted by atomic mass is 10.2. The van der Waals surface area contributed by atoms with E-state index < -0.39 is 5.97 Å². The third kappa shape index (κ3) is 6.92. The van der Waals surface area contributed by atoms with Gasteiger partial charge in [-0.1, -0.05) is 24.3 Å². The fourth-order valence-electron chi connectivity index (χ4n) is 2.20. The maximum absolute atomic E-state index is 12.9. The van der Waals surface area contributed by atoms with E-state index in [0.29, 0.717) is 5.75 Å². The fraction of sp³-hybridized carbons (Fsp3) is 0.190. The van der Waals surface area contributed by atoms with E-state index in [1.807, 2.05) is 6.07 Å². The van der Waals surface area contributed by atoms with Crippen molar-refractivity contribution in [2.75, 3.05) is 20.3 Å². The number of benzene rings is 2. The molecule has 0 heterocycles. The first kappa shape index (κ1) is 20.6. The normalized spacial score (nSPS) is 10.3. The molecule has 28 heavy (non-hydrogen) atoms. The van der Waals surface area contributed by atoms with Crippen molar-refractivity contribution in [3.8, 4) is 11.8 Å². The summed E-state index contributed by atoms with van der Waals surface area (Å²) in [4.78, 5) is 25.2. The summed E-state index contributed by atoms with van der Waals surface area (Å²) in [5.74, 6) is -0.808. The monoisotopic (exact) mass is 382 g/mol. The van der Waals surface area contributed by atoms with Gasteiger partial charge in [0.15, 0.2) is 13.2 Å². The van der Waals surface area contributed by atoms with Crippen LogP contribution in [0.4, 0.5) is 4.39 Å². The van der Waals surface area contributed by atoms with Crippen molar-refractivity contribution in [2.24, 2.45) is 0 Å². The molecule has 2 aromatic carbocycles. The van der Waals surface area contributed by atoms with Gasteiger partial charge >= 0.3 is 5.97 Å². The van der Waals surface area contributed by atoms with Crippen molar-refractivity contribution in [1.82, 2.24) is 4.90 Å². The number of amides is 1. The summed E-state index contributed by atoms with van der Waals surface area (Å²) in [5, 5.41) is 8.46. The van der Waals surface area contributed by atoms with Crippen LogP contribution in [-0.4, -0.2) is 37.0 Å². The predicted molar refractivity (Wildman–Crippen MR) is 100 cm³/mol. The lowest BCUT2D eigenvalue weighted by Gasteiger charge is -2.16. The summed E-state index contributed by atoms with van der Waals surface area (Å²) in [7, 11) is 1.57. The summed E-state index contributed by atoms with van der Waals surface area (Å²) in [6.07, 6.45) is 2.77. The summed E-state index contributed by atoms with van der Waals surface area (Å²) in [6, 6.07) is 14.5. The molecule has 1 amide bonds. The predicted octanol–water partition coefficient (Wildman–Crippen LogP) is 2.94. The Morgan fingerprint density at radius 1 is 1.14 bits per heavy atom. The van der Waals surface area contributed by atoms with Crippen molar-refractivity contribution in [2.45, 2.75) is 6.54 Å². The van der Waals surface area contributed by atoms with E-state index in [1.165, 1.54) is 23.1 Å². The van der Waals surface area contributed by atoms with Gasteiger partial charge in [0, 0.05) is 19.7 Å². The quantitative estimate of drug-likeness (QED) is 0.518. The number of nitrogens with zero attached hydrogens (tertiary/aromatic N) is 2. The minimum absolute atomic E-state index is 0.0366. The number of carbonyl (C=O) groups is 2. The number of ether oxygens (including phenoxy) is 2. The van der Waals surface area contributed by atoms with Gasteiger partial charge in [-0.05, 0) is 41.5 Å². The van der Waals surface area contributed by atoms with E-state index in [1.54, 1.807) is 49.5 Å². The number of hydrogen-bond acceptors (Lipinski definition) is 5. The molecule has 7 heteroatoms. The number of nitriles is 1. The van der Waals surface area contributed by atoms with Crippen molar-refractivity contribution in [3.05, 3.63) is 71.6 Å². The van der Waals surface area contributed by atoms with Crippen LogP contribution in [-0.2, 0) is 20.9 Å². The highest BCUT2D eigenvalue weighted by molar-refractivity contribution is 5.89. The van der Waals surface area contributed by atoms with Crippen LogP contribution in [0.25, 0.3) is 6.08 Å². The Labute approximate surface area is 162 Å². The Balaban J connectivity index is 1.77. The van der Waals surface area contributed by atoms with Gasteiger partial charge in [-0.15, -0.1) is 0 Å². The maximum atomic E-state index is 12.9. The Morgan fingerprint density at radius 2 is 1.82 bits per heavy atom. The molecule has 0 aliphatic rings. The smallest absolute Gasteiger partial charge is 0.331 e. The van der Waals surface area contributed by atoms with Crippen LogP contribution >= 0.6 is 0 Å². The molecule has 0 unspecified atom stereocenters. The number of halogens is 1. The second-order valence-electron chi connectivity index (χ2n) is 5.83. The van der Waals surface area contributed by atoms with E-state index in [0.717, 1.165) is 11.1 Å². The average molecular weight is 382 g/mol. The molecule has 0 aromatic heterocycles. The van der Waals surface area contributed by atoms with Gasteiger partial charge in [0.2, 0.25) is 0 Å². The zero-order valence-corrected chi connectivity index (χ0v) is 15.3. The zero-order valence-electron chi connectivity index (χ0n) is 15.3. The molecule has 0 aliphatic heterocycles. The molecule has 6 nitrogen and oxygen atoms in total. The van der Waals surface area contributed by atoms with Crippen LogP contribution in [0.2, 0.25) is 0 Å². The highest BCUT2D eigenvalue weighted by Gasteiger charge is 2.11. The molecule has 0 bridgehead atoms. The van der Waals surface area contributed by atoms with E-state index in [9.17, 15) is 14.0 Å². The van der Waals surface area contributed by atoms with Gasteiger partial charge in [-0.2, -0.15) is 5.26 Å². The molecule has 0 radical (unpaired) electrons. The first-order valence-corrected chi connectivity index (χ1v) is 8.41. The van der Waals surface area contributed by atoms with Gasteiger partial charge in [-0.25, -0.2) is 9.18 Å². The third-order valence-corrected chi connectivity index (χ3v) is 3.69. The molecule has 0 saturated heterocycles. The van der Waals surface area contributed by atoms with Crippen molar-refractivity contribution in [3.63, 3.8) is 0 Å². The molecule has 0 spiro atoms. The van der Waals surface area contributed by atoms with E-state index in [2.05, 4.69) is 0 Å². The Hall–Kier alpha value is -3.66. The highest BCUT2D eigenvalue weighted by atomic mass is 19.1. The number of hydrogen-bond donors (Lipinski definition) is 0. The van der Waals surface area contributed by atoms with E-state index in [4.69, 9.17) is 14.7 Å². The Bertz CT molecular complexity index is 871. The fourth-order valence-corrected chi connectivity index (χ4v) is 2.20. The van der Waals surface area contributed by atoms with Gasteiger partial charge in [0.25, 0.3) is 5.91 Å². The number of esters is 1. The lowest BCUT2D eigenvalue weighted by molar-refractivity contribution is -0.147. The highest BCUT2D eigenvalue weighted by Crippen LogP contribution is 2.13. The molecule has 0 aliphatic carbocycles. The molecule has 0 atom stereocenters. The number of rotatable bonds is 8. The third-order valence-electron chi connectivity index (χ3n) is 3.69. The first-order chi connectivity index (χ1) is 13.5. The summed E-state index contributed by atoms with van der Waals surface area (Å²) in [5.41, 5.74) is 1.51. The van der Waals surface area contributed by atoms with Crippen LogP contribution < -0.4 is 4.74 Å². The van der Waals surface area contributed by atoms with Crippen molar-refractivity contribution >= 4 is 18.0 Å². The van der Waals surface area contributed by atoms with Crippen LogP contribution in [0, 0.1) is 17.1 Å². The molecule has 2 aromatic rings. The van der Waals surface area contributed by atoms with Gasteiger partial charge in [0.1, 0.15) is 17.6 Å². The van der Waals surface area contributed by atoms with Crippen LogP contribution in [0.15, 0.2) is 54.6 Å². The zero-order chi connectivity index (χ0) is 20.4. The minimum Gasteiger partial charge on any atom is -0.479 e. The summed E-state index contributed by atoms with van der Waals surface area (Å²) in [6.45, 7) is -0.139. The van der Waals surface area contributed by atoms with Gasteiger partial charge in [-0.3, -0.25) is 4.79 Å². The molecular formula is C21H19FN2O4. The molecular weight excluding hydrogens is 363 g/mol. The van der Waals surface area contributed by atoms with E-state index >= 15 is 0 Å². The summed E-state index contributed by atoms with van der Waals surface area (Å²) >= 11 is 0. The van der Waals surface area contributed by atoms with Crippen molar-refractivity contribution in [1.29, 1.82) is 5.26 Å². The number of carbonyl (C=O) groups excluding carboxylic acids is 2. The standard InChI is InChI=1S/C21H19FN2O4/c1-24(14-17-2-7-18(22)8-3-17)20(25)15-28-21(26)11-6-16-4-9-19(10-5-16)27-13-12-23/h2-11H,13-15H2,1H3/b11-6+. The van der Waals surface area contributed by atoms with Gasteiger partial charge in [0.05, 0.1) is 0 Å². The SMILES string of the molecule is CN(Cc1ccc(F)cc1)C(=O)COC(=O)/C=C/c1ccc(OCC#N)cc1. The molecule has 144 valence electrons. The van der Waals surface area contributed by atoms with Crippen LogP contribution in [0.3, 0.4) is 0 Å². The summed E-state index contributed by atoms with van der Waals surface area (Å²) < 4.78 is 23.0. The van der Waals surface area contributed by atoms with E-state index in [-0.39, 0.29) is 31.5 Å². The van der Waals surface area contributed by atoms with Gasteiger partial charge < -0.3 is 14.4 Å². The Morgan fingerprint density at radius 3 is 2.46 bits per heavy atom. The second kappa shape index (κ2) is 10.5. The van der Waals surface area contributed by atoms with Crippen LogP contribution in [0.1, 0.15) is 11.1 Å². The number of likely N-dealkylation sites (N-methyl/N-ethyl adjacent to an activating group) is 1. The Kier molecular flexibility index (Phi) is 7.73. The molecule has 0 N–H and O–H groups in total. The molecule has 0 fully saturated rings. The topological polar surface area (TPSA) is 79.6 Å². The minimum atomic E-state index is -0.645. The maximum Gasteiger partial charge on any atom is 0.331 e. The lowest BCUT2D eigenvalue weighted by Crippen LogP contribution is -2.30. The van der Waals surface area contributed by atoms with Crippen LogP contribution in [0.5, 0.6) is 5.75 Å².